The monoisotopic (exact) mass is 750 g/mol. The molecule has 1 aliphatic rings. The lowest BCUT2D eigenvalue weighted by Gasteiger charge is -2.24. The zero-order valence-electron chi connectivity index (χ0n) is 31.3. The van der Waals surface area contributed by atoms with Gasteiger partial charge < -0.3 is 19.3 Å². The van der Waals surface area contributed by atoms with Crippen molar-refractivity contribution in [1.29, 1.82) is 0 Å². The second-order valence-electron chi connectivity index (χ2n) is 11.5. The quantitative estimate of drug-likeness (QED) is 0.0865. The Kier molecular flexibility index (Phi) is 21.8. The van der Waals surface area contributed by atoms with E-state index in [1.54, 1.807) is 31.5 Å². The Morgan fingerprint density at radius 3 is 2.17 bits per heavy atom. The van der Waals surface area contributed by atoms with E-state index < -0.39 is 41.8 Å². The maximum atomic E-state index is 13.7. The number of benzene rings is 1. The summed E-state index contributed by atoms with van der Waals surface area (Å²) in [5.41, 5.74) is 3.14. The number of carbonyl (C=O) groups excluding carboxylic acids is 1. The number of fused-ring (bicyclic) bond motifs is 1. The molecule has 0 saturated carbocycles. The first-order valence-corrected chi connectivity index (χ1v) is 17.3. The fraction of sp³-hybridized carbons (Fsp3) is 0.526. The van der Waals surface area contributed by atoms with E-state index in [1.165, 1.54) is 6.07 Å². The smallest absolute Gasteiger partial charge is 0.416 e. The highest BCUT2D eigenvalue weighted by molar-refractivity contribution is 5.70. The molecule has 7 nitrogen and oxygen atoms in total. The zero-order valence-corrected chi connectivity index (χ0v) is 31.3. The largest absolute Gasteiger partial charge is 0.481 e. The molecule has 4 atom stereocenters. The van der Waals surface area contributed by atoms with Gasteiger partial charge >= 0.3 is 18.3 Å². The molecule has 0 spiro atoms. The third kappa shape index (κ3) is 15.0. The second kappa shape index (κ2) is 23.6. The normalized spacial score (nSPS) is 15.8. The summed E-state index contributed by atoms with van der Waals surface area (Å²) in [6, 6.07) is 4.31. The summed E-state index contributed by atoms with van der Waals surface area (Å²) in [5.74, 6) is -1.86. The van der Waals surface area contributed by atoms with Crippen LogP contribution in [-0.4, -0.2) is 40.8 Å². The highest BCUT2D eigenvalue weighted by atomic mass is 19.4. The van der Waals surface area contributed by atoms with Crippen molar-refractivity contribution in [1.82, 2.24) is 10.0 Å². The topological polar surface area (TPSA) is 89.8 Å². The van der Waals surface area contributed by atoms with Crippen molar-refractivity contribution in [3.8, 4) is 0 Å². The zero-order chi connectivity index (χ0) is 40.2. The van der Waals surface area contributed by atoms with Gasteiger partial charge in [0.2, 0.25) is 0 Å². The van der Waals surface area contributed by atoms with Gasteiger partial charge in [-0.15, -0.1) is 0 Å². The van der Waals surface area contributed by atoms with E-state index in [9.17, 15) is 40.5 Å². The van der Waals surface area contributed by atoms with Gasteiger partial charge in [0.25, 0.3) is 0 Å². The molecule has 14 heteroatoms. The maximum absolute atomic E-state index is 13.7. The number of nitrogens with one attached hydrogen (secondary N) is 1. The number of alkyl halides is 6. The number of halogens is 7. The number of aliphatic carboxylic acids is 1. The predicted octanol–water partition coefficient (Wildman–Crippen LogP) is 10.9. The predicted molar refractivity (Wildman–Crippen MR) is 190 cm³/mol. The van der Waals surface area contributed by atoms with Crippen molar-refractivity contribution in [3.05, 3.63) is 82.2 Å². The van der Waals surface area contributed by atoms with Crippen LogP contribution in [0, 0.1) is 11.8 Å². The Hall–Kier alpha value is -3.91. The number of hydroxylamine groups is 1. The van der Waals surface area contributed by atoms with Gasteiger partial charge in [0.15, 0.2) is 5.76 Å². The fourth-order valence-corrected chi connectivity index (χ4v) is 5.05. The van der Waals surface area contributed by atoms with Gasteiger partial charge in [0.1, 0.15) is 12.9 Å². The molecule has 2 N–H and O–H groups in total. The van der Waals surface area contributed by atoms with Crippen molar-refractivity contribution in [2.75, 3.05) is 6.61 Å². The van der Waals surface area contributed by atoms with Crippen LogP contribution < -0.4 is 5.48 Å². The number of hydrogen-bond acceptors (Lipinski definition) is 5. The summed E-state index contributed by atoms with van der Waals surface area (Å²) >= 11 is 0. The minimum atomic E-state index is -4.97. The second-order valence-corrected chi connectivity index (χ2v) is 11.5. The van der Waals surface area contributed by atoms with Crippen LogP contribution in [0.25, 0.3) is 11.8 Å². The molecular weight excluding hydrogens is 697 g/mol. The molecule has 2 aromatic rings. The molecule has 1 heterocycles. The molecule has 0 radical (unpaired) electrons. The van der Waals surface area contributed by atoms with Gasteiger partial charge in [0.05, 0.1) is 30.5 Å². The molecule has 0 aliphatic heterocycles. The van der Waals surface area contributed by atoms with Crippen LogP contribution in [0.15, 0.2) is 54.3 Å². The van der Waals surface area contributed by atoms with Crippen molar-refractivity contribution in [2.24, 2.45) is 11.8 Å². The van der Waals surface area contributed by atoms with Crippen molar-refractivity contribution in [3.63, 3.8) is 0 Å². The number of carboxylic acids is 1. The number of aromatic nitrogens is 1. The van der Waals surface area contributed by atoms with Crippen LogP contribution in [-0.2, 0) is 38.5 Å². The van der Waals surface area contributed by atoms with Crippen LogP contribution in [0.5, 0.6) is 0 Å². The average molecular weight is 751 g/mol. The molecule has 52 heavy (non-hydrogen) atoms. The van der Waals surface area contributed by atoms with Gasteiger partial charge in [-0.25, -0.2) is 0 Å². The van der Waals surface area contributed by atoms with E-state index in [0.29, 0.717) is 24.5 Å². The molecular formula is C38H53F7N2O5. The number of carbonyl (C=O) groups is 2. The molecule has 294 valence electrons. The molecule has 1 aromatic carbocycles. The lowest BCUT2D eigenvalue weighted by molar-refractivity contribution is -0.170. The van der Waals surface area contributed by atoms with Gasteiger partial charge in [-0.1, -0.05) is 85.2 Å². The highest BCUT2D eigenvalue weighted by Crippen LogP contribution is 2.37. The fourth-order valence-electron chi connectivity index (χ4n) is 5.05. The number of aldehydes is 1. The van der Waals surface area contributed by atoms with Crippen LogP contribution in [0.2, 0.25) is 0 Å². The van der Waals surface area contributed by atoms with E-state index >= 15 is 0 Å². The Morgan fingerprint density at radius 1 is 1.04 bits per heavy atom. The maximum Gasteiger partial charge on any atom is 0.416 e. The first kappa shape index (κ1) is 48.1. The number of nitrogens with zero attached hydrogens (tertiary/aromatic N) is 1. The minimum Gasteiger partial charge on any atom is -0.481 e. The summed E-state index contributed by atoms with van der Waals surface area (Å²) in [6.45, 7) is 16.8. The third-order valence-corrected chi connectivity index (χ3v) is 8.12. The molecule has 0 amide bonds. The molecule has 4 unspecified atom stereocenters. The Bertz CT molecular complexity index is 1460. The standard InChI is InChI=1S/C27H28F6N2O2.C7H13FO3.2C2H6/c1-4-17(2)25(19-9-10-20(16-26(28,29)30)23(15-19)27(31,32)33)37-34-18(3)21-7-5-6-8-24-22(21)11-12-35(24)13-14-36;1-3-5(2)6(4-11-8)7(9)10;2*1-2/h5-12,14-15,18,21,34H,4,13,16H2,1-3H3;5-6H,3-4H2,1-2H3,(H,9,10);2*1-2H3/b25-17-;;;. The molecule has 0 saturated heterocycles. The van der Waals surface area contributed by atoms with Gasteiger partial charge in [0, 0.05) is 23.4 Å². The summed E-state index contributed by atoms with van der Waals surface area (Å²) in [6.07, 6.45) is -0.138. The third-order valence-electron chi connectivity index (χ3n) is 8.12. The Labute approximate surface area is 302 Å². The molecule has 1 aromatic heterocycles. The lowest BCUT2D eigenvalue weighted by Crippen LogP contribution is -2.31. The first-order chi connectivity index (χ1) is 24.5. The lowest BCUT2D eigenvalue weighted by atomic mass is 9.93. The van der Waals surface area contributed by atoms with E-state index in [-0.39, 0.29) is 42.4 Å². The summed E-state index contributed by atoms with van der Waals surface area (Å²) in [4.78, 5) is 30.6. The van der Waals surface area contributed by atoms with Crippen molar-refractivity contribution >= 4 is 24.1 Å². The number of hydrogen-bond donors (Lipinski definition) is 2. The molecule has 0 fully saturated rings. The van der Waals surface area contributed by atoms with E-state index in [2.05, 4.69) is 10.4 Å². The van der Waals surface area contributed by atoms with Crippen LogP contribution >= 0.6 is 0 Å². The number of allylic oxidation sites excluding steroid dienone is 3. The SMILES string of the molecule is CC.CC.CC/C(C)=C(\ONC(C)C1C=CC=Cc2c1ccn2CC=O)c1ccc(CC(F)(F)F)c(C(F)(F)F)c1.CCC(C)C(COF)C(=O)O. The summed E-state index contributed by atoms with van der Waals surface area (Å²) in [5, 5.41) is 8.56. The van der Waals surface area contributed by atoms with Gasteiger partial charge in [-0.05, 0) is 65.6 Å². The van der Waals surface area contributed by atoms with Gasteiger partial charge in [-0.3, -0.25) is 4.79 Å². The first-order valence-electron chi connectivity index (χ1n) is 17.3. The highest BCUT2D eigenvalue weighted by Gasteiger charge is 2.38. The van der Waals surface area contributed by atoms with E-state index in [0.717, 1.165) is 23.6 Å². The average Bonchev–Trinajstić information content (AvgIpc) is 3.36. The molecule has 1 aliphatic carbocycles. The van der Waals surface area contributed by atoms with Gasteiger partial charge in [-0.2, -0.15) is 36.8 Å². The Morgan fingerprint density at radius 2 is 1.67 bits per heavy atom. The van der Waals surface area contributed by atoms with Crippen LogP contribution in [0.3, 0.4) is 0 Å². The van der Waals surface area contributed by atoms with E-state index in [4.69, 9.17) is 9.94 Å². The van der Waals surface area contributed by atoms with Crippen LogP contribution in [0.4, 0.5) is 30.9 Å². The summed E-state index contributed by atoms with van der Waals surface area (Å²) < 4.78 is 92.8. The van der Waals surface area contributed by atoms with Crippen LogP contribution in [0.1, 0.15) is 109 Å². The van der Waals surface area contributed by atoms with Crippen molar-refractivity contribution < 1.29 is 55.3 Å². The minimum absolute atomic E-state index is 0.0215. The van der Waals surface area contributed by atoms with Crippen molar-refractivity contribution in [2.45, 2.75) is 112 Å². The molecule has 3 rings (SSSR count). The Balaban J connectivity index is 0.00000147. The number of rotatable bonds is 14. The summed E-state index contributed by atoms with van der Waals surface area (Å²) in [7, 11) is 0. The van der Waals surface area contributed by atoms with E-state index in [1.807, 2.05) is 71.9 Å². The number of carboxylic acid groups (broad SMARTS) is 1. The molecule has 0 bridgehead atoms.